The molecule has 2 aromatic rings. The average Bonchev–Trinajstić information content (AvgIpc) is 3.44. The van der Waals surface area contributed by atoms with Gasteiger partial charge >= 0.3 is 0 Å². The normalized spacial score (nSPS) is 24.1. The van der Waals surface area contributed by atoms with Gasteiger partial charge in [-0.15, -0.1) is 0 Å². The minimum Gasteiger partial charge on any atom is -0.381 e. The van der Waals surface area contributed by atoms with Crippen molar-refractivity contribution in [3.05, 3.63) is 69.2 Å². The van der Waals surface area contributed by atoms with Gasteiger partial charge in [0.2, 0.25) is 5.91 Å². The maximum absolute atomic E-state index is 13.0. The second kappa shape index (κ2) is 7.34. The van der Waals surface area contributed by atoms with Crippen molar-refractivity contribution in [1.29, 1.82) is 0 Å². The number of amides is 1. The van der Waals surface area contributed by atoms with Gasteiger partial charge in [-0.25, -0.2) is 0 Å². The molecule has 0 radical (unpaired) electrons. The zero-order valence-electron chi connectivity index (χ0n) is 14.4. The van der Waals surface area contributed by atoms with Crippen LogP contribution in [-0.4, -0.2) is 19.1 Å². The first-order valence-corrected chi connectivity index (χ1v) is 10.2. The summed E-state index contributed by atoms with van der Waals surface area (Å²) in [6.07, 6.45) is 2.44. The molecule has 2 aliphatic rings. The highest BCUT2D eigenvalue weighted by Crippen LogP contribution is 2.50. The van der Waals surface area contributed by atoms with Gasteiger partial charge in [-0.2, -0.15) is 0 Å². The predicted octanol–water partition coefficient (Wildman–Crippen LogP) is 5.03. The molecule has 2 fully saturated rings. The lowest BCUT2D eigenvalue weighted by molar-refractivity contribution is -0.125. The average molecular weight is 435 g/mol. The van der Waals surface area contributed by atoms with Gasteiger partial charge in [-0.3, -0.25) is 4.79 Å². The Kier molecular flexibility index (Phi) is 5.09. The Morgan fingerprint density at radius 3 is 2.65 bits per heavy atom. The third-order valence-electron chi connectivity index (χ3n) is 5.52. The van der Waals surface area contributed by atoms with E-state index in [0.29, 0.717) is 13.2 Å². The quantitative estimate of drug-likeness (QED) is 0.733. The van der Waals surface area contributed by atoms with E-state index < -0.39 is 0 Å². The third-order valence-corrected chi connectivity index (χ3v) is 6.36. The summed E-state index contributed by atoms with van der Waals surface area (Å²) < 4.78 is 6.58. The molecule has 4 rings (SSSR count). The standard InChI is InChI=1S/C21H21BrClNO2/c22-15-5-3-4-14(12-15)21(8-10-26-11-9-21)24-20(25)18-13-17(18)16-6-1-2-7-19(16)23/h1-7,12,17-18H,8-11,13H2,(H,24,25). The fourth-order valence-electron chi connectivity index (χ4n) is 3.92. The minimum absolute atomic E-state index is 0.00164. The Morgan fingerprint density at radius 2 is 1.92 bits per heavy atom. The first kappa shape index (κ1) is 18.0. The van der Waals surface area contributed by atoms with E-state index in [1.54, 1.807) is 0 Å². The maximum atomic E-state index is 13.0. The molecule has 1 aliphatic carbocycles. The van der Waals surface area contributed by atoms with Crippen LogP contribution in [-0.2, 0) is 15.1 Å². The van der Waals surface area contributed by atoms with Gasteiger partial charge in [0.05, 0.1) is 5.54 Å². The van der Waals surface area contributed by atoms with Crippen LogP contribution in [0.3, 0.4) is 0 Å². The summed E-state index contributed by atoms with van der Waals surface area (Å²) >= 11 is 9.86. The molecular formula is C21H21BrClNO2. The minimum atomic E-state index is -0.354. The Hall–Kier alpha value is -1.36. The number of rotatable bonds is 4. The van der Waals surface area contributed by atoms with Crippen LogP contribution in [0.4, 0.5) is 0 Å². The summed E-state index contributed by atoms with van der Waals surface area (Å²) in [6, 6.07) is 16.0. The molecule has 0 aromatic heterocycles. The maximum Gasteiger partial charge on any atom is 0.224 e. The first-order valence-electron chi connectivity index (χ1n) is 8.99. The van der Waals surface area contributed by atoms with Crippen LogP contribution in [0.1, 0.15) is 36.3 Å². The summed E-state index contributed by atoms with van der Waals surface area (Å²) in [5, 5.41) is 4.12. The van der Waals surface area contributed by atoms with E-state index in [0.717, 1.165) is 39.9 Å². The smallest absolute Gasteiger partial charge is 0.224 e. The molecule has 1 N–H and O–H groups in total. The van der Waals surface area contributed by atoms with Gasteiger partial charge < -0.3 is 10.1 Å². The van der Waals surface area contributed by atoms with Crippen LogP contribution in [0.5, 0.6) is 0 Å². The number of carbonyl (C=O) groups excluding carboxylic acids is 1. The Labute approximate surface area is 167 Å². The van der Waals surface area contributed by atoms with Crippen LogP contribution >= 0.6 is 27.5 Å². The highest BCUT2D eigenvalue weighted by Gasteiger charge is 2.47. The van der Waals surface area contributed by atoms with Crippen molar-refractivity contribution in [3.63, 3.8) is 0 Å². The van der Waals surface area contributed by atoms with Gasteiger partial charge in [-0.1, -0.05) is 57.9 Å². The number of nitrogens with one attached hydrogen (secondary N) is 1. The highest BCUT2D eigenvalue weighted by atomic mass is 79.9. The molecule has 0 bridgehead atoms. The lowest BCUT2D eigenvalue weighted by Crippen LogP contribution is -2.50. The number of halogens is 2. The molecule has 2 aromatic carbocycles. The summed E-state index contributed by atoms with van der Waals surface area (Å²) in [5.41, 5.74) is 1.86. The van der Waals surface area contributed by atoms with Crippen LogP contribution < -0.4 is 5.32 Å². The third kappa shape index (κ3) is 3.55. The summed E-state index contributed by atoms with van der Waals surface area (Å²) in [4.78, 5) is 13.0. The van der Waals surface area contributed by atoms with Crippen molar-refractivity contribution >= 4 is 33.4 Å². The molecule has 26 heavy (non-hydrogen) atoms. The number of hydrogen-bond acceptors (Lipinski definition) is 2. The number of ether oxygens (including phenoxy) is 1. The van der Waals surface area contributed by atoms with E-state index in [-0.39, 0.29) is 23.3 Å². The van der Waals surface area contributed by atoms with E-state index in [4.69, 9.17) is 16.3 Å². The van der Waals surface area contributed by atoms with Crippen LogP contribution in [0.25, 0.3) is 0 Å². The lowest BCUT2D eigenvalue weighted by Gasteiger charge is -2.39. The number of carbonyl (C=O) groups is 1. The Bertz CT molecular complexity index is 819. The van der Waals surface area contributed by atoms with E-state index in [2.05, 4.69) is 33.4 Å². The molecule has 0 spiro atoms. The van der Waals surface area contributed by atoms with Gasteiger partial charge in [0.25, 0.3) is 0 Å². The molecule has 1 amide bonds. The molecule has 1 saturated carbocycles. The topological polar surface area (TPSA) is 38.3 Å². The van der Waals surface area contributed by atoms with Crippen LogP contribution in [0.2, 0.25) is 5.02 Å². The monoisotopic (exact) mass is 433 g/mol. The number of hydrogen-bond donors (Lipinski definition) is 1. The second-order valence-electron chi connectivity index (χ2n) is 7.16. The predicted molar refractivity (Wildman–Crippen MR) is 106 cm³/mol. The molecule has 2 unspecified atom stereocenters. The van der Waals surface area contributed by atoms with Crippen molar-refractivity contribution in [3.8, 4) is 0 Å². The fraction of sp³-hybridized carbons (Fsp3) is 0.381. The summed E-state index contributed by atoms with van der Waals surface area (Å²) in [6.45, 7) is 1.32. The summed E-state index contributed by atoms with van der Waals surface area (Å²) in [7, 11) is 0. The van der Waals surface area contributed by atoms with Crippen molar-refractivity contribution < 1.29 is 9.53 Å². The van der Waals surface area contributed by atoms with Gasteiger partial charge in [0.1, 0.15) is 0 Å². The Morgan fingerprint density at radius 1 is 1.15 bits per heavy atom. The summed E-state index contributed by atoms with van der Waals surface area (Å²) in [5.74, 6) is 0.349. The van der Waals surface area contributed by atoms with Gasteiger partial charge in [-0.05, 0) is 54.5 Å². The molecule has 1 aliphatic heterocycles. The molecule has 3 nitrogen and oxygen atoms in total. The van der Waals surface area contributed by atoms with Crippen molar-refractivity contribution in [2.75, 3.05) is 13.2 Å². The molecule has 2 atom stereocenters. The van der Waals surface area contributed by atoms with E-state index >= 15 is 0 Å². The lowest BCUT2D eigenvalue weighted by atomic mass is 9.82. The first-order chi connectivity index (χ1) is 12.6. The van der Waals surface area contributed by atoms with Crippen LogP contribution in [0.15, 0.2) is 53.0 Å². The second-order valence-corrected chi connectivity index (χ2v) is 8.49. The van der Waals surface area contributed by atoms with Crippen molar-refractivity contribution in [1.82, 2.24) is 5.32 Å². The highest BCUT2D eigenvalue weighted by molar-refractivity contribution is 9.10. The Balaban J connectivity index is 1.54. The van der Waals surface area contributed by atoms with Gasteiger partial charge in [0, 0.05) is 28.6 Å². The molecule has 1 saturated heterocycles. The largest absolute Gasteiger partial charge is 0.381 e. The van der Waals surface area contributed by atoms with Gasteiger partial charge in [0.15, 0.2) is 0 Å². The van der Waals surface area contributed by atoms with Crippen molar-refractivity contribution in [2.45, 2.75) is 30.7 Å². The van der Waals surface area contributed by atoms with E-state index in [1.165, 1.54) is 0 Å². The SMILES string of the molecule is O=C(NC1(c2cccc(Br)c2)CCOCC1)C1CC1c1ccccc1Cl. The van der Waals surface area contributed by atoms with Crippen molar-refractivity contribution in [2.24, 2.45) is 5.92 Å². The molecular weight excluding hydrogens is 414 g/mol. The van der Waals surface area contributed by atoms with E-state index in [9.17, 15) is 4.79 Å². The molecule has 1 heterocycles. The molecule has 136 valence electrons. The van der Waals surface area contributed by atoms with E-state index in [1.807, 2.05) is 36.4 Å². The van der Waals surface area contributed by atoms with Crippen LogP contribution in [0, 0.1) is 5.92 Å². The zero-order chi connectivity index (χ0) is 18.1. The zero-order valence-corrected chi connectivity index (χ0v) is 16.7. The molecule has 5 heteroatoms. The number of benzene rings is 2. The fourth-order valence-corrected chi connectivity index (χ4v) is 4.60.